The second-order valence-corrected chi connectivity index (χ2v) is 7.35. The molecular formula is C22H29N2O2+. The Kier molecular flexibility index (Phi) is 5.94. The molecule has 2 aromatic carbocycles. The standard InChI is InChI=1S/C22H28N2O2/c1-17(2)19-9-7-18(8-10-19)16-23-11-13-24(14-12-23)22(25)20-5-4-6-21(15-20)26-3/h4-10,15,17H,11-14,16H2,1-3H3/p+1. The van der Waals surface area contributed by atoms with Gasteiger partial charge in [-0.15, -0.1) is 0 Å². The summed E-state index contributed by atoms with van der Waals surface area (Å²) in [5.74, 6) is 1.40. The minimum Gasteiger partial charge on any atom is -0.497 e. The second kappa shape index (κ2) is 8.37. The van der Waals surface area contributed by atoms with Crippen LogP contribution in [0.1, 0.15) is 41.3 Å². The number of carbonyl (C=O) groups excluding carboxylic acids is 1. The molecule has 0 bridgehead atoms. The molecule has 1 N–H and O–H groups in total. The zero-order valence-electron chi connectivity index (χ0n) is 16.0. The molecule has 4 heteroatoms. The number of methoxy groups -OCH3 is 1. The van der Waals surface area contributed by atoms with Gasteiger partial charge in [0.2, 0.25) is 0 Å². The molecule has 1 fully saturated rings. The lowest BCUT2D eigenvalue weighted by Gasteiger charge is -2.32. The Morgan fingerprint density at radius 2 is 1.81 bits per heavy atom. The number of amides is 1. The highest BCUT2D eigenvalue weighted by molar-refractivity contribution is 5.94. The summed E-state index contributed by atoms with van der Waals surface area (Å²) in [5, 5.41) is 0. The van der Waals surface area contributed by atoms with E-state index in [0.717, 1.165) is 38.5 Å². The average molecular weight is 353 g/mol. The van der Waals surface area contributed by atoms with Crippen molar-refractivity contribution in [1.82, 2.24) is 4.90 Å². The zero-order valence-corrected chi connectivity index (χ0v) is 16.0. The summed E-state index contributed by atoms with van der Waals surface area (Å²) < 4.78 is 5.22. The molecule has 0 aliphatic carbocycles. The fourth-order valence-electron chi connectivity index (χ4n) is 3.45. The Morgan fingerprint density at radius 1 is 1.12 bits per heavy atom. The van der Waals surface area contributed by atoms with E-state index < -0.39 is 0 Å². The van der Waals surface area contributed by atoms with Crippen LogP contribution in [0, 0.1) is 0 Å². The van der Waals surface area contributed by atoms with E-state index >= 15 is 0 Å². The van der Waals surface area contributed by atoms with Crippen LogP contribution >= 0.6 is 0 Å². The Bertz CT molecular complexity index is 732. The van der Waals surface area contributed by atoms with Gasteiger partial charge in [-0.25, -0.2) is 0 Å². The molecule has 0 radical (unpaired) electrons. The molecule has 0 aromatic heterocycles. The minimum atomic E-state index is 0.101. The van der Waals surface area contributed by atoms with Gasteiger partial charge >= 0.3 is 0 Å². The van der Waals surface area contributed by atoms with Crippen molar-refractivity contribution in [2.24, 2.45) is 0 Å². The lowest BCUT2D eigenvalue weighted by molar-refractivity contribution is -0.917. The number of hydrogen-bond donors (Lipinski definition) is 1. The lowest BCUT2D eigenvalue weighted by Crippen LogP contribution is -3.13. The number of hydrogen-bond acceptors (Lipinski definition) is 2. The monoisotopic (exact) mass is 353 g/mol. The Hall–Kier alpha value is -2.33. The summed E-state index contributed by atoms with van der Waals surface area (Å²) in [7, 11) is 1.62. The van der Waals surface area contributed by atoms with Crippen molar-refractivity contribution < 1.29 is 14.4 Å². The first kappa shape index (κ1) is 18.5. The van der Waals surface area contributed by atoms with Crippen LogP contribution < -0.4 is 9.64 Å². The summed E-state index contributed by atoms with van der Waals surface area (Å²) in [4.78, 5) is 16.2. The van der Waals surface area contributed by atoms with Crippen molar-refractivity contribution in [1.29, 1.82) is 0 Å². The molecule has 0 spiro atoms. The molecule has 1 saturated heterocycles. The van der Waals surface area contributed by atoms with Crippen molar-refractivity contribution in [3.8, 4) is 5.75 Å². The molecule has 2 aromatic rings. The maximum absolute atomic E-state index is 12.7. The Labute approximate surface area is 156 Å². The number of benzene rings is 2. The molecule has 138 valence electrons. The Morgan fingerprint density at radius 3 is 2.42 bits per heavy atom. The largest absolute Gasteiger partial charge is 0.497 e. The van der Waals surface area contributed by atoms with E-state index in [9.17, 15) is 4.79 Å². The number of rotatable bonds is 5. The molecule has 4 nitrogen and oxygen atoms in total. The normalized spacial score (nSPS) is 15.3. The van der Waals surface area contributed by atoms with E-state index in [1.165, 1.54) is 16.0 Å². The SMILES string of the molecule is COc1cccc(C(=O)N2CC[NH+](Cc3ccc(C(C)C)cc3)CC2)c1. The van der Waals surface area contributed by atoms with Crippen molar-refractivity contribution >= 4 is 5.91 Å². The maximum atomic E-state index is 12.7. The number of quaternary nitrogens is 1. The molecule has 1 amide bonds. The predicted octanol–water partition coefficient (Wildman–Crippen LogP) is 2.36. The molecular weight excluding hydrogens is 324 g/mol. The van der Waals surface area contributed by atoms with E-state index in [0.29, 0.717) is 11.5 Å². The van der Waals surface area contributed by atoms with Crippen molar-refractivity contribution in [3.63, 3.8) is 0 Å². The number of nitrogens with one attached hydrogen (secondary N) is 1. The van der Waals surface area contributed by atoms with Crippen molar-refractivity contribution in [2.75, 3.05) is 33.3 Å². The number of carbonyl (C=O) groups is 1. The molecule has 0 atom stereocenters. The third-order valence-electron chi connectivity index (χ3n) is 5.17. The van der Waals surface area contributed by atoms with E-state index in [2.05, 4.69) is 38.1 Å². The van der Waals surface area contributed by atoms with Crippen molar-refractivity contribution in [2.45, 2.75) is 26.3 Å². The molecule has 1 aliphatic heterocycles. The van der Waals surface area contributed by atoms with E-state index in [1.807, 2.05) is 29.2 Å². The fourth-order valence-corrected chi connectivity index (χ4v) is 3.45. The minimum absolute atomic E-state index is 0.101. The zero-order chi connectivity index (χ0) is 18.5. The highest BCUT2D eigenvalue weighted by Crippen LogP contribution is 2.15. The molecule has 26 heavy (non-hydrogen) atoms. The van der Waals surface area contributed by atoms with Gasteiger partial charge in [-0.2, -0.15) is 0 Å². The summed E-state index contributed by atoms with van der Waals surface area (Å²) in [6.45, 7) is 9.05. The fraction of sp³-hybridized carbons (Fsp3) is 0.409. The topological polar surface area (TPSA) is 34.0 Å². The van der Waals surface area contributed by atoms with Crippen LogP contribution in [0.15, 0.2) is 48.5 Å². The van der Waals surface area contributed by atoms with Gasteiger partial charge in [0, 0.05) is 11.1 Å². The number of ether oxygens (including phenoxy) is 1. The maximum Gasteiger partial charge on any atom is 0.254 e. The number of nitrogens with zero attached hydrogens (tertiary/aromatic N) is 1. The van der Waals surface area contributed by atoms with Crippen LogP contribution in [0.5, 0.6) is 5.75 Å². The van der Waals surface area contributed by atoms with E-state index in [-0.39, 0.29) is 5.91 Å². The highest BCUT2D eigenvalue weighted by atomic mass is 16.5. The molecule has 3 rings (SSSR count). The van der Waals surface area contributed by atoms with Crippen LogP contribution in [0.2, 0.25) is 0 Å². The first-order valence-electron chi connectivity index (χ1n) is 9.42. The van der Waals surface area contributed by atoms with Gasteiger partial charge in [0.15, 0.2) is 0 Å². The predicted molar refractivity (Wildman–Crippen MR) is 104 cm³/mol. The lowest BCUT2D eigenvalue weighted by atomic mass is 10.0. The van der Waals surface area contributed by atoms with Gasteiger partial charge in [0.05, 0.1) is 33.3 Å². The van der Waals surface area contributed by atoms with E-state index in [1.54, 1.807) is 7.11 Å². The van der Waals surface area contributed by atoms with Crippen LogP contribution in [-0.2, 0) is 6.54 Å². The first-order chi connectivity index (χ1) is 12.6. The van der Waals surface area contributed by atoms with Crippen LogP contribution in [0.25, 0.3) is 0 Å². The van der Waals surface area contributed by atoms with Crippen LogP contribution in [0.4, 0.5) is 0 Å². The molecule has 1 heterocycles. The van der Waals surface area contributed by atoms with Gasteiger partial charge in [0.25, 0.3) is 5.91 Å². The quantitative estimate of drug-likeness (QED) is 0.895. The highest BCUT2D eigenvalue weighted by Gasteiger charge is 2.24. The van der Waals surface area contributed by atoms with Gasteiger partial charge < -0.3 is 14.5 Å². The molecule has 0 saturated carbocycles. The summed E-state index contributed by atoms with van der Waals surface area (Å²) in [6, 6.07) is 16.4. The van der Waals surface area contributed by atoms with Crippen LogP contribution in [0.3, 0.4) is 0 Å². The summed E-state index contributed by atoms with van der Waals surface area (Å²) in [5.41, 5.74) is 3.46. The van der Waals surface area contributed by atoms with Crippen molar-refractivity contribution in [3.05, 3.63) is 65.2 Å². The second-order valence-electron chi connectivity index (χ2n) is 7.35. The van der Waals surface area contributed by atoms with E-state index in [4.69, 9.17) is 4.74 Å². The smallest absolute Gasteiger partial charge is 0.254 e. The van der Waals surface area contributed by atoms with Gasteiger partial charge in [-0.1, -0.05) is 44.2 Å². The van der Waals surface area contributed by atoms with Crippen LogP contribution in [-0.4, -0.2) is 44.1 Å². The number of piperazine rings is 1. The summed E-state index contributed by atoms with van der Waals surface area (Å²) >= 11 is 0. The average Bonchev–Trinajstić information content (AvgIpc) is 2.68. The first-order valence-corrected chi connectivity index (χ1v) is 9.42. The van der Waals surface area contributed by atoms with Gasteiger partial charge in [-0.05, 0) is 29.7 Å². The molecule has 0 unspecified atom stereocenters. The third kappa shape index (κ3) is 4.44. The van der Waals surface area contributed by atoms with Gasteiger partial charge in [-0.3, -0.25) is 4.79 Å². The van der Waals surface area contributed by atoms with Gasteiger partial charge in [0.1, 0.15) is 12.3 Å². The Balaban J connectivity index is 1.54. The third-order valence-corrected chi connectivity index (χ3v) is 5.17. The molecule has 1 aliphatic rings. The summed E-state index contributed by atoms with van der Waals surface area (Å²) in [6.07, 6.45) is 0.